The van der Waals surface area contributed by atoms with Crippen LogP contribution in [0, 0.1) is 5.92 Å². The number of aliphatic carboxylic acids is 1. The lowest BCUT2D eigenvalue weighted by molar-refractivity contribution is -0.143. The first-order valence-corrected chi connectivity index (χ1v) is 7.28. The summed E-state index contributed by atoms with van der Waals surface area (Å²) in [6.45, 7) is 0. The molecule has 4 heteroatoms. The van der Waals surface area contributed by atoms with Gasteiger partial charge in [-0.15, -0.1) is 0 Å². The van der Waals surface area contributed by atoms with Crippen LogP contribution in [0.1, 0.15) is 57.8 Å². The zero-order chi connectivity index (χ0) is 12.4. The van der Waals surface area contributed by atoms with Gasteiger partial charge in [-0.25, -0.2) is 4.79 Å². The highest BCUT2D eigenvalue weighted by Crippen LogP contribution is 2.76. The Morgan fingerprint density at radius 2 is 1.89 bits per heavy atom. The van der Waals surface area contributed by atoms with E-state index in [2.05, 4.69) is 0 Å². The van der Waals surface area contributed by atoms with Crippen LogP contribution in [-0.2, 0) is 14.3 Å². The Morgan fingerprint density at radius 1 is 1.11 bits per heavy atom. The molecule has 4 rings (SSSR count). The molecule has 0 bridgehead atoms. The molecule has 1 spiro atoms. The number of hydrogen-bond donors (Lipinski definition) is 1. The van der Waals surface area contributed by atoms with Crippen molar-refractivity contribution in [2.24, 2.45) is 5.92 Å². The van der Waals surface area contributed by atoms with E-state index in [9.17, 15) is 9.90 Å². The summed E-state index contributed by atoms with van der Waals surface area (Å²) < 4.78 is 11.5. The standard InChI is InChI=1S/C14H20O4/c15-11(16)13-8-4-7-12(14(13,17-12)18-13)9-10-5-2-1-3-6-10/h10H,1-9H2,(H,15,16). The predicted molar refractivity (Wildman–Crippen MR) is 63.0 cm³/mol. The summed E-state index contributed by atoms with van der Waals surface area (Å²) in [6.07, 6.45) is 10.1. The molecule has 3 atom stereocenters. The molecule has 4 nitrogen and oxygen atoms in total. The molecule has 2 aliphatic heterocycles. The Labute approximate surface area is 107 Å². The van der Waals surface area contributed by atoms with Gasteiger partial charge in [-0.1, -0.05) is 32.1 Å². The fourth-order valence-electron chi connectivity index (χ4n) is 4.51. The summed E-state index contributed by atoms with van der Waals surface area (Å²) in [5, 5.41) is 9.35. The van der Waals surface area contributed by atoms with Crippen molar-refractivity contribution in [3.63, 3.8) is 0 Å². The number of rotatable bonds is 3. The second-order valence-electron chi connectivity index (χ2n) is 6.51. The Bertz CT molecular complexity index is 403. The summed E-state index contributed by atoms with van der Waals surface area (Å²) in [5.74, 6) is -0.832. The van der Waals surface area contributed by atoms with Crippen molar-refractivity contribution in [2.45, 2.75) is 74.8 Å². The van der Waals surface area contributed by atoms with Crippen LogP contribution < -0.4 is 0 Å². The number of hydrogen-bond acceptors (Lipinski definition) is 3. The minimum absolute atomic E-state index is 0.244. The Hall–Kier alpha value is -0.610. The van der Waals surface area contributed by atoms with E-state index in [1.807, 2.05) is 0 Å². The summed E-state index contributed by atoms with van der Waals surface area (Å²) in [7, 11) is 0. The van der Waals surface area contributed by atoms with Crippen LogP contribution in [0.4, 0.5) is 0 Å². The van der Waals surface area contributed by atoms with Crippen molar-refractivity contribution in [3.8, 4) is 0 Å². The Morgan fingerprint density at radius 3 is 2.61 bits per heavy atom. The highest BCUT2D eigenvalue weighted by atomic mass is 16.9. The monoisotopic (exact) mass is 252 g/mol. The van der Waals surface area contributed by atoms with E-state index in [-0.39, 0.29) is 5.60 Å². The van der Waals surface area contributed by atoms with Gasteiger partial charge < -0.3 is 14.6 Å². The molecule has 2 saturated carbocycles. The van der Waals surface area contributed by atoms with E-state index in [1.165, 1.54) is 32.1 Å². The Kier molecular flexibility index (Phi) is 2.05. The smallest absolute Gasteiger partial charge is 0.341 e. The molecule has 2 saturated heterocycles. The summed E-state index contributed by atoms with van der Waals surface area (Å²) in [6, 6.07) is 0. The van der Waals surface area contributed by atoms with E-state index in [0.717, 1.165) is 19.3 Å². The second-order valence-corrected chi connectivity index (χ2v) is 6.51. The quantitative estimate of drug-likeness (QED) is 0.784. The molecule has 0 amide bonds. The van der Waals surface area contributed by atoms with Crippen LogP contribution in [-0.4, -0.2) is 28.1 Å². The maximum atomic E-state index is 11.4. The zero-order valence-corrected chi connectivity index (χ0v) is 10.6. The number of carbonyl (C=O) groups is 1. The van der Waals surface area contributed by atoms with E-state index < -0.39 is 17.4 Å². The van der Waals surface area contributed by atoms with Crippen molar-refractivity contribution >= 4 is 5.97 Å². The molecule has 1 N–H and O–H groups in total. The van der Waals surface area contributed by atoms with Crippen molar-refractivity contribution in [2.75, 3.05) is 0 Å². The van der Waals surface area contributed by atoms with Gasteiger partial charge in [-0.2, -0.15) is 0 Å². The first-order chi connectivity index (χ1) is 8.64. The molecular weight excluding hydrogens is 232 g/mol. The molecule has 0 aromatic heterocycles. The third-order valence-electron chi connectivity index (χ3n) is 5.50. The molecule has 2 heterocycles. The molecule has 0 aromatic rings. The van der Waals surface area contributed by atoms with Gasteiger partial charge in [0, 0.05) is 0 Å². The molecule has 2 aliphatic carbocycles. The van der Waals surface area contributed by atoms with Crippen molar-refractivity contribution < 1.29 is 19.4 Å². The van der Waals surface area contributed by atoms with Crippen LogP contribution in [0.5, 0.6) is 0 Å². The second kappa shape index (κ2) is 3.28. The third-order valence-corrected chi connectivity index (χ3v) is 5.50. The van der Waals surface area contributed by atoms with Gasteiger partial charge in [0.05, 0.1) is 0 Å². The topological polar surface area (TPSA) is 62.4 Å². The molecule has 3 unspecified atom stereocenters. The highest BCUT2D eigenvalue weighted by Gasteiger charge is 2.97. The molecular formula is C14H20O4. The fourth-order valence-corrected chi connectivity index (χ4v) is 4.51. The van der Waals surface area contributed by atoms with Crippen LogP contribution in [0.3, 0.4) is 0 Å². The van der Waals surface area contributed by atoms with E-state index >= 15 is 0 Å². The molecule has 4 fully saturated rings. The average Bonchev–Trinajstić information content (AvgIpc) is 3.17. The van der Waals surface area contributed by atoms with Gasteiger partial charge in [0.2, 0.25) is 11.4 Å². The minimum Gasteiger partial charge on any atom is -0.479 e. The van der Waals surface area contributed by atoms with Crippen LogP contribution in [0.15, 0.2) is 0 Å². The SMILES string of the molecule is O=C(O)C12CCCC3(CC4CCCCC4)OC31O2. The predicted octanol–water partition coefficient (Wildman–Crippen LogP) is 2.46. The molecule has 100 valence electrons. The third kappa shape index (κ3) is 1.16. The van der Waals surface area contributed by atoms with Crippen LogP contribution >= 0.6 is 0 Å². The van der Waals surface area contributed by atoms with Gasteiger partial charge in [-0.3, -0.25) is 0 Å². The van der Waals surface area contributed by atoms with E-state index in [4.69, 9.17) is 9.47 Å². The van der Waals surface area contributed by atoms with Crippen LogP contribution in [0.25, 0.3) is 0 Å². The maximum Gasteiger partial charge on any atom is 0.341 e. The number of carboxylic acid groups (broad SMARTS) is 1. The first kappa shape index (κ1) is 11.2. The molecule has 18 heavy (non-hydrogen) atoms. The lowest BCUT2D eigenvalue weighted by Crippen LogP contribution is -2.37. The minimum atomic E-state index is -0.986. The summed E-state index contributed by atoms with van der Waals surface area (Å²) in [4.78, 5) is 11.4. The summed E-state index contributed by atoms with van der Waals surface area (Å²) >= 11 is 0. The van der Waals surface area contributed by atoms with Crippen LogP contribution in [0.2, 0.25) is 0 Å². The lowest BCUT2D eigenvalue weighted by atomic mass is 9.74. The normalized spacial score (nSPS) is 50.2. The number of epoxide rings is 2. The van der Waals surface area contributed by atoms with Gasteiger partial charge >= 0.3 is 5.97 Å². The van der Waals surface area contributed by atoms with Crippen molar-refractivity contribution in [1.29, 1.82) is 0 Å². The maximum absolute atomic E-state index is 11.4. The van der Waals surface area contributed by atoms with E-state index in [0.29, 0.717) is 12.3 Å². The summed E-state index contributed by atoms with van der Waals surface area (Å²) in [5.41, 5.74) is -1.23. The van der Waals surface area contributed by atoms with E-state index in [1.54, 1.807) is 0 Å². The van der Waals surface area contributed by atoms with Gasteiger partial charge in [-0.05, 0) is 31.6 Å². The molecule has 0 aromatic carbocycles. The molecule has 4 aliphatic rings. The largest absolute Gasteiger partial charge is 0.479 e. The van der Waals surface area contributed by atoms with Gasteiger partial charge in [0.25, 0.3) is 0 Å². The van der Waals surface area contributed by atoms with Crippen molar-refractivity contribution in [3.05, 3.63) is 0 Å². The zero-order valence-electron chi connectivity index (χ0n) is 10.6. The fraction of sp³-hybridized carbons (Fsp3) is 0.929. The van der Waals surface area contributed by atoms with Gasteiger partial charge in [0.15, 0.2) is 0 Å². The lowest BCUT2D eigenvalue weighted by Gasteiger charge is -2.26. The highest BCUT2D eigenvalue weighted by molar-refractivity contribution is 5.84. The first-order valence-electron chi connectivity index (χ1n) is 7.28. The van der Waals surface area contributed by atoms with Gasteiger partial charge in [0.1, 0.15) is 5.60 Å². The number of carboxylic acids is 1. The average molecular weight is 252 g/mol. The number of ether oxygens (including phenoxy) is 2. The Balaban J connectivity index is 1.51. The van der Waals surface area contributed by atoms with Crippen molar-refractivity contribution in [1.82, 2.24) is 0 Å². The molecule has 0 radical (unpaired) electrons.